The average molecular weight is 404 g/mol. The average Bonchev–Trinajstić information content (AvgIpc) is 3.35. The highest BCUT2D eigenvalue weighted by Gasteiger charge is 2.11. The van der Waals surface area contributed by atoms with Crippen molar-refractivity contribution in [3.05, 3.63) is 53.2 Å². The molecular formula is C19H21N3O3S2. The van der Waals surface area contributed by atoms with Gasteiger partial charge in [-0.2, -0.15) is 5.10 Å². The van der Waals surface area contributed by atoms with Gasteiger partial charge in [0, 0.05) is 12.7 Å². The van der Waals surface area contributed by atoms with Crippen LogP contribution in [0.5, 0.6) is 11.5 Å². The maximum Gasteiger partial charge on any atom is 0.265 e. The number of aromatic nitrogens is 2. The monoisotopic (exact) mass is 403 g/mol. The van der Waals surface area contributed by atoms with Gasteiger partial charge in [0.1, 0.15) is 0 Å². The SMILES string of the molecule is COc1ccc(CCn2cc(NC(=O)c3ccc(SC)s3)cn2)cc1OC. The smallest absolute Gasteiger partial charge is 0.265 e. The first kappa shape index (κ1) is 19.3. The van der Waals surface area contributed by atoms with Crippen LogP contribution in [0.1, 0.15) is 15.2 Å². The summed E-state index contributed by atoms with van der Waals surface area (Å²) in [7, 11) is 3.25. The number of rotatable bonds is 8. The molecule has 1 aromatic carbocycles. The summed E-state index contributed by atoms with van der Waals surface area (Å²) in [5.74, 6) is 1.31. The third-order valence-electron chi connectivity index (χ3n) is 3.97. The lowest BCUT2D eigenvalue weighted by atomic mass is 10.1. The molecule has 1 amide bonds. The van der Waals surface area contributed by atoms with E-state index in [1.54, 1.807) is 32.2 Å². The summed E-state index contributed by atoms with van der Waals surface area (Å²) in [6, 6.07) is 9.66. The molecule has 1 N–H and O–H groups in total. The van der Waals surface area contributed by atoms with Gasteiger partial charge in [-0.05, 0) is 42.5 Å². The minimum absolute atomic E-state index is 0.111. The van der Waals surface area contributed by atoms with Gasteiger partial charge >= 0.3 is 0 Å². The fourth-order valence-electron chi connectivity index (χ4n) is 2.57. The number of benzene rings is 1. The molecule has 3 rings (SSSR count). The number of thiophene rings is 1. The summed E-state index contributed by atoms with van der Waals surface area (Å²) in [5, 5.41) is 7.21. The van der Waals surface area contributed by atoms with E-state index in [2.05, 4.69) is 10.4 Å². The van der Waals surface area contributed by atoms with Crippen LogP contribution in [0.25, 0.3) is 0 Å². The van der Waals surface area contributed by atoms with Gasteiger partial charge in [0.05, 0.1) is 35.2 Å². The van der Waals surface area contributed by atoms with E-state index in [4.69, 9.17) is 9.47 Å². The molecule has 0 saturated carbocycles. The lowest BCUT2D eigenvalue weighted by Gasteiger charge is -2.09. The Morgan fingerprint density at radius 3 is 2.74 bits per heavy atom. The van der Waals surface area contributed by atoms with Crippen molar-refractivity contribution in [2.24, 2.45) is 0 Å². The normalized spacial score (nSPS) is 10.6. The largest absolute Gasteiger partial charge is 0.493 e. The van der Waals surface area contributed by atoms with Crippen LogP contribution >= 0.6 is 23.1 Å². The first-order valence-electron chi connectivity index (χ1n) is 8.31. The van der Waals surface area contributed by atoms with E-state index in [1.165, 1.54) is 11.3 Å². The van der Waals surface area contributed by atoms with Crippen molar-refractivity contribution in [1.29, 1.82) is 0 Å². The fraction of sp³-hybridized carbons (Fsp3) is 0.263. The molecule has 27 heavy (non-hydrogen) atoms. The van der Waals surface area contributed by atoms with Gasteiger partial charge in [0.15, 0.2) is 11.5 Å². The summed E-state index contributed by atoms with van der Waals surface area (Å²) in [4.78, 5) is 13.0. The molecule has 0 fully saturated rings. The lowest BCUT2D eigenvalue weighted by molar-refractivity contribution is 0.103. The number of methoxy groups -OCH3 is 2. The molecule has 0 spiro atoms. The number of nitrogens with one attached hydrogen (secondary N) is 1. The molecular weight excluding hydrogens is 382 g/mol. The topological polar surface area (TPSA) is 65.4 Å². The van der Waals surface area contributed by atoms with Gasteiger partial charge in [0.2, 0.25) is 0 Å². The second-order valence-corrected chi connectivity index (χ2v) is 7.90. The summed E-state index contributed by atoms with van der Waals surface area (Å²) in [6.45, 7) is 0.695. The molecule has 0 aliphatic carbocycles. The maximum atomic E-state index is 12.3. The Kier molecular flexibility index (Phi) is 6.41. The minimum Gasteiger partial charge on any atom is -0.493 e. The molecule has 0 aliphatic rings. The number of hydrogen-bond acceptors (Lipinski definition) is 6. The molecule has 0 saturated heterocycles. The van der Waals surface area contributed by atoms with Crippen molar-refractivity contribution in [2.75, 3.05) is 25.8 Å². The number of hydrogen-bond donors (Lipinski definition) is 1. The molecule has 8 heteroatoms. The van der Waals surface area contributed by atoms with Gasteiger partial charge in [0.25, 0.3) is 5.91 Å². The number of thioether (sulfide) groups is 1. The number of amides is 1. The zero-order valence-corrected chi connectivity index (χ0v) is 17.0. The Balaban J connectivity index is 1.58. The predicted octanol–water partition coefficient (Wildman–Crippen LogP) is 4.18. The van der Waals surface area contributed by atoms with E-state index in [9.17, 15) is 4.79 Å². The highest BCUT2D eigenvalue weighted by molar-refractivity contribution is 8.00. The number of carbonyl (C=O) groups is 1. The van der Waals surface area contributed by atoms with Gasteiger partial charge in [-0.1, -0.05) is 6.07 Å². The third-order valence-corrected chi connectivity index (χ3v) is 6.14. The van der Waals surface area contributed by atoms with Crippen molar-refractivity contribution in [3.8, 4) is 11.5 Å². The molecule has 3 aromatic rings. The number of ether oxygens (including phenoxy) is 2. The molecule has 0 unspecified atom stereocenters. The van der Waals surface area contributed by atoms with Crippen LogP contribution in [0.4, 0.5) is 5.69 Å². The number of aryl methyl sites for hydroxylation is 2. The van der Waals surface area contributed by atoms with Crippen LogP contribution in [0.15, 0.2) is 46.9 Å². The zero-order chi connectivity index (χ0) is 19.2. The molecule has 0 bridgehead atoms. The quantitative estimate of drug-likeness (QED) is 0.572. The Hall–Kier alpha value is -2.45. The number of anilines is 1. The van der Waals surface area contributed by atoms with Crippen LogP contribution in [-0.4, -0.2) is 36.2 Å². The predicted molar refractivity (Wildman–Crippen MR) is 110 cm³/mol. The first-order chi connectivity index (χ1) is 13.1. The summed E-state index contributed by atoms with van der Waals surface area (Å²) in [6.07, 6.45) is 6.28. The molecule has 6 nitrogen and oxygen atoms in total. The van der Waals surface area contributed by atoms with Crippen molar-refractivity contribution >= 4 is 34.7 Å². The summed E-state index contributed by atoms with van der Waals surface area (Å²) >= 11 is 3.11. The first-order valence-corrected chi connectivity index (χ1v) is 10.4. The van der Waals surface area contributed by atoms with Crippen LogP contribution in [0.3, 0.4) is 0 Å². The third kappa shape index (κ3) is 4.84. The molecule has 2 heterocycles. The highest BCUT2D eigenvalue weighted by Crippen LogP contribution is 2.28. The van der Waals surface area contributed by atoms with Crippen LogP contribution in [0.2, 0.25) is 0 Å². The van der Waals surface area contributed by atoms with E-state index in [-0.39, 0.29) is 5.91 Å². The van der Waals surface area contributed by atoms with E-state index < -0.39 is 0 Å². The molecule has 0 aliphatic heterocycles. The molecule has 0 atom stereocenters. The summed E-state index contributed by atoms with van der Waals surface area (Å²) < 4.78 is 13.5. The van der Waals surface area contributed by atoms with Crippen LogP contribution < -0.4 is 14.8 Å². The van der Waals surface area contributed by atoms with Gasteiger partial charge < -0.3 is 14.8 Å². The van der Waals surface area contributed by atoms with E-state index >= 15 is 0 Å². The Morgan fingerprint density at radius 1 is 1.22 bits per heavy atom. The minimum atomic E-state index is -0.111. The van der Waals surface area contributed by atoms with Crippen LogP contribution in [0, 0.1) is 0 Å². The summed E-state index contributed by atoms with van der Waals surface area (Å²) in [5.41, 5.74) is 1.81. The molecule has 0 radical (unpaired) electrons. The molecule has 142 valence electrons. The van der Waals surface area contributed by atoms with Gasteiger partial charge in [-0.15, -0.1) is 23.1 Å². The van der Waals surface area contributed by atoms with Gasteiger partial charge in [-0.3, -0.25) is 9.48 Å². The van der Waals surface area contributed by atoms with E-state index in [0.29, 0.717) is 28.6 Å². The second-order valence-electron chi connectivity index (χ2n) is 5.71. The second kappa shape index (κ2) is 8.96. The number of nitrogens with zero attached hydrogens (tertiary/aromatic N) is 2. The molecule has 2 aromatic heterocycles. The Morgan fingerprint density at radius 2 is 2.04 bits per heavy atom. The van der Waals surface area contributed by atoms with Crippen molar-refractivity contribution in [1.82, 2.24) is 9.78 Å². The fourth-order valence-corrected chi connectivity index (χ4v) is 4.01. The van der Waals surface area contributed by atoms with E-state index in [1.807, 2.05) is 47.5 Å². The zero-order valence-electron chi connectivity index (χ0n) is 15.4. The van der Waals surface area contributed by atoms with E-state index in [0.717, 1.165) is 16.2 Å². The Bertz CT molecular complexity index is 921. The van der Waals surface area contributed by atoms with Crippen molar-refractivity contribution in [3.63, 3.8) is 0 Å². The number of carbonyl (C=O) groups excluding carboxylic acids is 1. The highest BCUT2D eigenvalue weighted by atomic mass is 32.2. The Labute approximate surface area is 166 Å². The van der Waals surface area contributed by atoms with Crippen molar-refractivity contribution in [2.45, 2.75) is 17.2 Å². The van der Waals surface area contributed by atoms with Crippen molar-refractivity contribution < 1.29 is 14.3 Å². The lowest BCUT2D eigenvalue weighted by Crippen LogP contribution is -2.09. The van der Waals surface area contributed by atoms with Crippen LogP contribution in [-0.2, 0) is 13.0 Å². The van der Waals surface area contributed by atoms with Gasteiger partial charge in [-0.25, -0.2) is 0 Å². The maximum absolute atomic E-state index is 12.3. The standard InChI is InChI=1S/C19H21N3O3S2/c1-24-15-5-4-13(10-16(15)25-2)8-9-22-12-14(11-20-22)21-19(23)17-6-7-18(26-3)27-17/h4-7,10-12H,8-9H2,1-3H3,(H,21,23).